The van der Waals surface area contributed by atoms with Gasteiger partial charge < -0.3 is 5.73 Å². The van der Waals surface area contributed by atoms with Gasteiger partial charge in [-0.1, -0.05) is 13.3 Å². The molecule has 2 unspecified atom stereocenters. The predicted octanol–water partition coefficient (Wildman–Crippen LogP) is 1.18. The van der Waals surface area contributed by atoms with Gasteiger partial charge in [0, 0.05) is 23.9 Å². The van der Waals surface area contributed by atoms with Crippen LogP contribution in [0.25, 0.3) is 0 Å². The van der Waals surface area contributed by atoms with E-state index in [-0.39, 0.29) is 11.8 Å². The van der Waals surface area contributed by atoms with Gasteiger partial charge in [-0.15, -0.1) is 0 Å². The number of hydrogen-bond donors (Lipinski definition) is 1. The molecule has 0 radical (unpaired) electrons. The molecule has 80 valence electrons. The van der Waals surface area contributed by atoms with Gasteiger partial charge in [0.25, 0.3) is 0 Å². The van der Waals surface area contributed by atoms with Crippen LogP contribution in [0.15, 0.2) is 18.6 Å². The zero-order valence-corrected chi connectivity index (χ0v) is 8.81. The second kappa shape index (κ2) is 3.70. The lowest BCUT2D eigenvalue weighted by Gasteiger charge is -2.26. The van der Waals surface area contributed by atoms with Gasteiger partial charge in [-0.05, 0) is 12.8 Å². The van der Waals surface area contributed by atoms with Crippen LogP contribution < -0.4 is 5.73 Å². The molecule has 0 aliphatic heterocycles. The molecule has 2 atom stereocenters. The van der Waals surface area contributed by atoms with Crippen molar-refractivity contribution >= 4 is 5.78 Å². The molecule has 0 amide bonds. The van der Waals surface area contributed by atoms with Crippen LogP contribution in [0.2, 0.25) is 0 Å². The second-order valence-electron chi connectivity index (χ2n) is 4.34. The topological polar surface area (TPSA) is 68.9 Å². The van der Waals surface area contributed by atoms with Crippen LogP contribution in [0.5, 0.6) is 0 Å². The highest BCUT2D eigenvalue weighted by Gasteiger charge is 2.43. The van der Waals surface area contributed by atoms with Gasteiger partial charge in [0.1, 0.15) is 5.69 Å². The molecule has 0 bridgehead atoms. The molecule has 1 fully saturated rings. The number of ketones is 1. The summed E-state index contributed by atoms with van der Waals surface area (Å²) in [6.45, 7) is 1.93. The number of nitrogens with zero attached hydrogens (tertiary/aromatic N) is 2. The standard InChI is InChI=1S/C11H15N3O/c1-11(4-2-3-9(11)12)10(15)8-7-13-5-6-14-8/h5-7,9H,2-4,12H2,1H3. The minimum Gasteiger partial charge on any atom is -0.327 e. The van der Waals surface area contributed by atoms with Crippen LogP contribution in [0.4, 0.5) is 0 Å². The molecular formula is C11H15N3O. The number of carbonyl (C=O) groups excluding carboxylic acids is 1. The van der Waals surface area contributed by atoms with E-state index in [1.807, 2.05) is 6.92 Å². The zero-order chi connectivity index (χ0) is 10.9. The monoisotopic (exact) mass is 205 g/mol. The first-order valence-corrected chi connectivity index (χ1v) is 5.21. The molecule has 1 aliphatic carbocycles. The molecule has 1 aromatic heterocycles. The lowest BCUT2D eigenvalue weighted by atomic mass is 9.79. The Bertz CT molecular complexity index is 365. The molecule has 0 saturated heterocycles. The van der Waals surface area contributed by atoms with E-state index >= 15 is 0 Å². The largest absolute Gasteiger partial charge is 0.327 e. The molecular weight excluding hydrogens is 190 g/mol. The highest BCUT2D eigenvalue weighted by atomic mass is 16.1. The number of nitrogens with two attached hydrogens (primary N) is 1. The van der Waals surface area contributed by atoms with E-state index < -0.39 is 5.41 Å². The summed E-state index contributed by atoms with van der Waals surface area (Å²) in [5, 5.41) is 0. The number of hydrogen-bond acceptors (Lipinski definition) is 4. The fourth-order valence-electron chi connectivity index (χ4n) is 2.18. The molecule has 2 N–H and O–H groups in total. The summed E-state index contributed by atoms with van der Waals surface area (Å²) in [5.41, 5.74) is 5.96. The van der Waals surface area contributed by atoms with E-state index in [4.69, 9.17) is 5.73 Å². The summed E-state index contributed by atoms with van der Waals surface area (Å²) in [6.07, 6.45) is 7.40. The van der Waals surface area contributed by atoms with Gasteiger partial charge in [0.15, 0.2) is 5.78 Å². The first-order valence-electron chi connectivity index (χ1n) is 5.21. The Morgan fingerprint density at radius 2 is 2.40 bits per heavy atom. The smallest absolute Gasteiger partial charge is 0.190 e. The Morgan fingerprint density at radius 3 is 2.93 bits per heavy atom. The van der Waals surface area contributed by atoms with E-state index in [1.165, 1.54) is 12.4 Å². The molecule has 4 heteroatoms. The minimum absolute atomic E-state index is 0.0283. The molecule has 0 aromatic carbocycles. The second-order valence-corrected chi connectivity index (χ2v) is 4.34. The van der Waals surface area contributed by atoms with Crippen molar-refractivity contribution in [2.75, 3.05) is 0 Å². The maximum atomic E-state index is 12.2. The Balaban J connectivity index is 2.28. The van der Waals surface area contributed by atoms with Crippen LogP contribution in [-0.4, -0.2) is 21.8 Å². The predicted molar refractivity (Wildman–Crippen MR) is 56.3 cm³/mol. The molecule has 0 spiro atoms. The third-order valence-electron chi connectivity index (χ3n) is 3.34. The quantitative estimate of drug-likeness (QED) is 0.736. The average molecular weight is 205 g/mol. The fraction of sp³-hybridized carbons (Fsp3) is 0.545. The van der Waals surface area contributed by atoms with Crippen molar-refractivity contribution in [3.05, 3.63) is 24.3 Å². The normalized spacial score (nSPS) is 30.4. The van der Waals surface area contributed by atoms with E-state index in [1.54, 1.807) is 6.20 Å². The molecule has 1 heterocycles. The number of rotatable bonds is 2. The molecule has 15 heavy (non-hydrogen) atoms. The first-order chi connectivity index (χ1) is 7.14. The van der Waals surface area contributed by atoms with Crippen LogP contribution in [0.3, 0.4) is 0 Å². The van der Waals surface area contributed by atoms with Gasteiger partial charge in [0.05, 0.1) is 6.20 Å². The Hall–Kier alpha value is -1.29. The number of Topliss-reactive ketones (excluding diaryl/α,β-unsaturated/α-hetero) is 1. The van der Waals surface area contributed by atoms with E-state index in [9.17, 15) is 4.79 Å². The summed E-state index contributed by atoms with van der Waals surface area (Å²) >= 11 is 0. The first kappa shape index (κ1) is 10.2. The Morgan fingerprint density at radius 1 is 1.60 bits per heavy atom. The summed E-state index contributed by atoms with van der Waals surface area (Å²) in [7, 11) is 0. The number of aromatic nitrogens is 2. The highest BCUT2D eigenvalue weighted by Crippen LogP contribution is 2.38. The highest BCUT2D eigenvalue weighted by molar-refractivity contribution is 5.99. The van der Waals surface area contributed by atoms with Crippen LogP contribution in [0.1, 0.15) is 36.7 Å². The third kappa shape index (κ3) is 1.65. The van der Waals surface area contributed by atoms with Crippen molar-refractivity contribution in [1.29, 1.82) is 0 Å². The molecule has 4 nitrogen and oxygen atoms in total. The zero-order valence-electron chi connectivity index (χ0n) is 8.81. The molecule has 2 rings (SSSR count). The average Bonchev–Trinajstić information content (AvgIpc) is 2.61. The van der Waals surface area contributed by atoms with Crippen molar-refractivity contribution in [3.63, 3.8) is 0 Å². The lowest BCUT2D eigenvalue weighted by Crippen LogP contribution is -2.41. The summed E-state index contributed by atoms with van der Waals surface area (Å²) in [6, 6.07) is -0.0491. The van der Waals surface area contributed by atoms with Gasteiger partial charge in [-0.25, -0.2) is 4.98 Å². The van der Waals surface area contributed by atoms with Crippen LogP contribution in [-0.2, 0) is 0 Å². The van der Waals surface area contributed by atoms with Crippen molar-refractivity contribution in [2.24, 2.45) is 11.1 Å². The molecule has 1 saturated carbocycles. The fourth-order valence-corrected chi connectivity index (χ4v) is 2.18. The van der Waals surface area contributed by atoms with Crippen molar-refractivity contribution < 1.29 is 4.79 Å². The summed E-state index contributed by atoms with van der Waals surface area (Å²) in [5.74, 6) is 0.0283. The van der Waals surface area contributed by atoms with E-state index in [0.717, 1.165) is 19.3 Å². The van der Waals surface area contributed by atoms with Gasteiger partial charge in [-0.3, -0.25) is 9.78 Å². The van der Waals surface area contributed by atoms with Crippen LogP contribution in [0, 0.1) is 5.41 Å². The van der Waals surface area contributed by atoms with Crippen molar-refractivity contribution in [1.82, 2.24) is 9.97 Å². The number of carbonyl (C=O) groups is 1. The SMILES string of the molecule is CC1(C(=O)c2cnccn2)CCCC1N. The van der Waals surface area contributed by atoms with E-state index in [2.05, 4.69) is 9.97 Å². The Labute approximate surface area is 88.9 Å². The minimum atomic E-state index is -0.448. The molecule has 1 aliphatic rings. The third-order valence-corrected chi connectivity index (χ3v) is 3.34. The van der Waals surface area contributed by atoms with E-state index in [0.29, 0.717) is 5.69 Å². The summed E-state index contributed by atoms with van der Waals surface area (Å²) in [4.78, 5) is 20.1. The van der Waals surface area contributed by atoms with Crippen molar-refractivity contribution in [2.45, 2.75) is 32.2 Å². The van der Waals surface area contributed by atoms with Gasteiger partial charge in [-0.2, -0.15) is 0 Å². The maximum Gasteiger partial charge on any atom is 0.190 e. The van der Waals surface area contributed by atoms with Crippen LogP contribution >= 0.6 is 0 Å². The van der Waals surface area contributed by atoms with Gasteiger partial charge >= 0.3 is 0 Å². The maximum absolute atomic E-state index is 12.2. The lowest BCUT2D eigenvalue weighted by molar-refractivity contribution is 0.0796. The van der Waals surface area contributed by atoms with Gasteiger partial charge in [0.2, 0.25) is 0 Å². The van der Waals surface area contributed by atoms with Crippen molar-refractivity contribution in [3.8, 4) is 0 Å². The summed E-state index contributed by atoms with van der Waals surface area (Å²) < 4.78 is 0. The Kier molecular flexibility index (Phi) is 2.52. The molecule has 1 aromatic rings.